The van der Waals surface area contributed by atoms with Crippen molar-refractivity contribution in [1.82, 2.24) is 10.2 Å². The summed E-state index contributed by atoms with van der Waals surface area (Å²) in [4.78, 5) is 0. The van der Waals surface area contributed by atoms with Crippen molar-refractivity contribution < 1.29 is 4.74 Å². The van der Waals surface area contributed by atoms with Crippen molar-refractivity contribution in [2.45, 2.75) is 39.9 Å². The average Bonchev–Trinajstić information content (AvgIpc) is 2.47. The van der Waals surface area contributed by atoms with Gasteiger partial charge in [-0.2, -0.15) is 5.10 Å². The number of H-pyrrole nitrogens is 1. The molecule has 3 nitrogen and oxygen atoms in total. The van der Waals surface area contributed by atoms with E-state index in [0.717, 1.165) is 12.1 Å². The van der Waals surface area contributed by atoms with Crippen LogP contribution in [0.5, 0.6) is 0 Å². The fourth-order valence-corrected chi connectivity index (χ4v) is 1.64. The highest BCUT2D eigenvalue weighted by atomic mass is 16.5. The van der Waals surface area contributed by atoms with Crippen LogP contribution in [0.15, 0.2) is 6.20 Å². The lowest BCUT2D eigenvalue weighted by Gasteiger charge is -2.33. The van der Waals surface area contributed by atoms with E-state index in [1.165, 1.54) is 5.56 Å². The van der Waals surface area contributed by atoms with Gasteiger partial charge in [-0.05, 0) is 11.0 Å². The Morgan fingerprint density at radius 3 is 3.00 bits per heavy atom. The molecular weight excluding hydrogens is 164 g/mol. The smallest absolute Gasteiger partial charge is 0.0889 e. The number of aromatic nitrogens is 2. The predicted octanol–water partition coefficient (Wildman–Crippen LogP) is 1.90. The molecule has 0 fully saturated rings. The highest BCUT2D eigenvalue weighted by Crippen LogP contribution is 2.30. The van der Waals surface area contributed by atoms with Crippen molar-refractivity contribution >= 4 is 0 Å². The van der Waals surface area contributed by atoms with Crippen LogP contribution >= 0.6 is 0 Å². The zero-order valence-electron chi connectivity index (χ0n) is 8.42. The summed E-state index contributed by atoms with van der Waals surface area (Å²) in [5.74, 6) is 0. The quantitative estimate of drug-likeness (QED) is 0.662. The molecule has 0 amide bonds. The molecule has 13 heavy (non-hydrogen) atoms. The van der Waals surface area contributed by atoms with Crippen LogP contribution in [0.2, 0.25) is 0 Å². The Morgan fingerprint density at radius 2 is 2.31 bits per heavy atom. The maximum absolute atomic E-state index is 5.76. The molecule has 0 saturated heterocycles. The zero-order chi connectivity index (χ0) is 9.47. The average molecular weight is 180 g/mol. The summed E-state index contributed by atoms with van der Waals surface area (Å²) in [6, 6.07) is 0. The topological polar surface area (TPSA) is 37.9 Å². The molecule has 0 radical (unpaired) electrons. The van der Waals surface area contributed by atoms with Crippen LogP contribution in [0.4, 0.5) is 0 Å². The second kappa shape index (κ2) is 2.84. The van der Waals surface area contributed by atoms with Gasteiger partial charge in [-0.1, -0.05) is 20.8 Å². The largest absolute Gasteiger partial charge is 0.371 e. The van der Waals surface area contributed by atoms with Crippen LogP contribution in [-0.4, -0.2) is 16.3 Å². The van der Waals surface area contributed by atoms with Crippen LogP contribution in [0.25, 0.3) is 0 Å². The minimum atomic E-state index is 0.217. The number of aromatic amines is 1. The number of fused-ring (bicyclic) bond motifs is 1. The molecule has 2 rings (SSSR count). The fraction of sp³-hybridized carbons (Fsp3) is 0.700. The Kier molecular flexibility index (Phi) is 1.91. The molecule has 1 aromatic heterocycles. The third-order valence-corrected chi connectivity index (χ3v) is 2.61. The Labute approximate surface area is 78.5 Å². The summed E-state index contributed by atoms with van der Waals surface area (Å²) in [5.41, 5.74) is 2.67. The minimum absolute atomic E-state index is 0.217. The second-order valence-corrected chi connectivity index (χ2v) is 4.74. The van der Waals surface area contributed by atoms with Crippen molar-refractivity contribution in [3.63, 3.8) is 0 Å². The minimum Gasteiger partial charge on any atom is -0.371 e. The Balaban J connectivity index is 2.18. The van der Waals surface area contributed by atoms with Crippen LogP contribution in [-0.2, 0) is 17.8 Å². The van der Waals surface area contributed by atoms with E-state index < -0.39 is 0 Å². The molecule has 0 aromatic carbocycles. The van der Waals surface area contributed by atoms with Gasteiger partial charge in [-0.3, -0.25) is 5.10 Å². The van der Waals surface area contributed by atoms with E-state index in [1.54, 1.807) is 0 Å². The number of ether oxygens (including phenoxy) is 1. The first-order valence-electron chi connectivity index (χ1n) is 4.70. The molecule has 72 valence electrons. The first-order valence-corrected chi connectivity index (χ1v) is 4.70. The first kappa shape index (κ1) is 8.75. The van der Waals surface area contributed by atoms with Gasteiger partial charge in [-0.15, -0.1) is 0 Å². The zero-order valence-corrected chi connectivity index (χ0v) is 8.42. The lowest BCUT2D eigenvalue weighted by molar-refractivity contribution is -0.0387. The van der Waals surface area contributed by atoms with Gasteiger partial charge >= 0.3 is 0 Å². The van der Waals surface area contributed by atoms with Crippen molar-refractivity contribution in [2.24, 2.45) is 5.41 Å². The number of nitrogens with zero attached hydrogens (tertiary/aromatic N) is 1. The van der Waals surface area contributed by atoms with Gasteiger partial charge in [-0.25, -0.2) is 0 Å². The molecule has 0 bridgehead atoms. The maximum atomic E-state index is 5.76. The summed E-state index contributed by atoms with van der Waals surface area (Å²) in [5, 5.41) is 6.97. The van der Waals surface area contributed by atoms with Gasteiger partial charge < -0.3 is 4.74 Å². The van der Waals surface area contributed by atoms with Gasteiger partial charge in [0.2, 0.25) is 0 Å². The number of hydrogen-bond acceptors (Lipinski definition) is 2. The molecule has 0 saturated carbocycles. The van der Waals surface area contributed by atoms with E-state index >= 15 is 0 Å². The Hall–Kier alpha value is -0.830. The van der Waals surface area contributed by atoms with Gasteiger partial charge in [0.05, 0.1) is 24.6 Å². The van der Waals surface area contributed by atoms with Crippen LogP contribution in [0, 0.1) is 5.41 Å². The van der Waals surface area contributed by atoms with E-state index in [2.05, 4.69) is 31.0 Å². The van der Waals surface area contributed by atoms with Crippen molar-refractivity contribution in [3.05, 3.63) is 17.5 Å². The normalized spacial score (nSPS) is 22.8. The third kappa shape index (κ3) is 1.61. The van der Waals surface area contributed by atoms with Crippen molar-refractivity contribution in [3.8, 4) is 0 Å². The maximum Gasteiger partial charge on any atom is 0.0889 e. The SMILES string of the molecule is CC(C)(C)C1Cc2cn[nH]c2CO1. The molecule has 1 aliphatic rings. The summed E-state index contributed by atoms with van der Waals surface area (Å²) >= 11 is 0. The summed E-state index contributed by atoms with van der Waals surface area (Å²) in [6.07, 6.45) is 3.21. The summed E-state index contributed by atoms with van der Waals surface area (Å²) in [7, 11) is 0. The van der Waals surface area contributed by atoms with Crippen LogP contribution in [0.1, 0.15) is 32.0 Å². The lowest BCUT2D eigenvalue weighted by atomic mass is 9.84. The van der Waals surface area contributed by atoms with E-state index in [4.69, 9.17) is 4.74 Å². The molecule has 0 aliphatic carbocycles. The standard InChI is InChI=1S/C10H16N2O/c1-10(2,3)9-4-7-5-11-12-8(7)6-13-9/h5,9H,4,6H2,1-3H3,(H,11,12). The van der Waals surface area contributed by atoms with Gasteiger partial charge in [0, 0.05) is 6.42 Å². The van der Waals surface area contributed by atoms with Gasteiger partial charge in [0.25, 0.3) is 0 Å². The molecule has 2 heterocycles. The van der Waals surface area contributed by atoms with E-state index in [-0.39, 0.29) is 5.41 Å². The number of rotatable bonds is 0. The molecule has 1 aliphatic heterocycles. The fourth-order valence-electron chi connectivity index (χ4n) is 1.64. The van der Waals surface area contributed by atoms with E-state index in [0.29, 0.717) is 12.7 Å². The van der Waals surface area contributed by atoms with Gasteiger partial charge in [0.15, 0.2) is 0 Å². The molecule has 1 atom stereocenters. The lowest BCUT2D eigenvalue weighted by Crippen LogP contribution is -2.34. The summed E-state index contributed by atoms with van der Waals surface area (Å²) in [6.45, 7) is 7.31. The highest BCUT2D eigenvalue weighted by molar-refractivity contribution is 5.19. The second-order valence-electron chi connectivity index (χ2n) is 4.74. The molecule has 1 unspecified atom stereocenters. The van der Waals surface area contributed by atoms with E-state index in [1.807, 2.05) is 6.20 Å². The van der Waals surface area contributed by atoms with Crippen molar-refractivity contribution in [2.75, 3.05) is 0 Å². The summed E-state index contributed by atoms with van der Waals surface area (Å²) < 4.78 is 5.76. The Morgan fingerprint density at radius 1 is 1.54 bits per heavy atom. The van der Waals surface area contributed by atoms with Crippen LogP contribution < -0.4 is 0 Å². The Bertz CT molecular complexity index is 298. The molecular formula is C10H16N2O. The molecule has 1 N–H and O–H groups in total. The monoisotopic (exact) mass is 180 g/mol. The van der Waals surface area contributed by atoms with Crippen LogP contribution in [0.3, 0.4) is 0 Å². The number of hydrogen-bond donors (Lipinski definition) is 1. The third-order valence-electron chi connectivity index (χ3n) is 2.61. The van der Waals surface area contributed by atoms with Crippen molar-refractivity contribution in [1.29, 1.82) is 0 Å². The molecule has 1 aromatic rings. The first-order chi connectivity index (χ1) is 6.07. The van der Waals surface area contributed by atoms with Gasteiger partial charge in [0.1, 0.15) is 0 Å². The predicted molar refractivity (Wildman–Crippen MR) is 50.3 cm³/mol. The molecule has 3 heteroatoms. The van der Waals surface area contributed by atoms with E-state index in [9.17, 15) is 0 Å². The highest BCUT2D eigenvalue weighted by Gasteiger charge is 2.30. The molecule has 0 spiro atoms. The number of nitrogens with one attached hydrogen (secondary N) is 1.